The van der Waals surface area contributed by atoms with Gasteiger partial charge in [0.05, 0.1) is 6.61 Å². The van der Waals surface area contributed by atoms with Gasteiger partial charge in [0.25, 0.3) is 5.91 Å². The highest BCUT2D eigenvalue weighted by Gasteiger charge is 2.35. The molecule has 0 aromatic heterocycles. The van der Waals surface area contributed by atoms with E-state index in [0.717, 1.165) is 25.0 Å². The smallest absolute Gasteiger partial charge is 0.253 e. The lowest BCUT2D eigenvalue weighted by atomic mass is 9.76. The number of aliphatic hydroxyl groups excluding tert-OH is 1. The van der Waals surface area contributed by atoms with Gasteiger partial charge in [0.2, 0.25) is 6.79 Å². The van der Waals surface area contributed by atoms with Gasteiger partial charge in [-0.3, -0.25) is 4.79 Å². The van der Waals surface area contributed by atoms with E-state index in [1.165, 1.54) is 0 Å². The third-order valence-electron chi connectivity index (χ3n) is 5.71. The lowest BCUT2D eigenvalue weighted by Gasteiger charge is -2.40. The number of hydrogen-bond acceptors (Lipinski definition) is 5. The van der Waals surface area contributed by atoms with E-state index in [4.69, 9.17) is 14.2 Å². The highest BCUT2D eigenvalue weighted by Crippen LogP contribution is 2.36. The van der Waals surface area contributed by atoms with Crippen LogP contribution in [0.2, 0.25) is 0 Å². The first-order chi connectivity index (χ1) is 13.7. The molecule has 0 aliphatic carbocycles. The minimum absolute atomic E-state index is 0.00891. The van der Waals surface area contributed by atoms with E-state index in [1.807, 2.05) is 35.2 Å². The first-order valence-electron chi connectivity index (χ1n) is 9.67. The summed E-state index contributed by atoms with van der Waals surface area (Å²) < 4.78 is 16.5. The molecule has 0 unspecified atom stereocenters. The van der Waals surface area contributed by atoms with Gasteiger partial charge in [-0.25, -0.2) is 0 Å². The molecular formula is C22H25NO5. The van der Waals surface area contributed by atoms with Gasteiger partial charge in [0, 0.05) is 30.7 Å². The predicted molar refractivity (Wildman–Crippen MR) is 104 cm³/mol. The van der Waals surface area contributed by atoms with Crippen molar-refractivity contribution in [2.45, 2.75) is 19.3 Å². The average Bonchev–Trinajstić information content (AvgIpc) is 3.22. The number of piperidine rings is 1. The summed E-state index contributed by atoms with van der Waals surface area (Å²) in [6.45, 7) is 2.11. The second kappa shape index (κ2) is 8.10. The summed E-state index contributed by atoms with van der Waals surface area (Å²) in [6, 6.07) is 15.0. The molecule has 6 heteroatoms. The number of benzene rings is 2. The monoisotopic (exact) mass is 383 g/mol. The van der Waals surface area contributed by atoms with E-state index < -0.39 is 0 Å². The molecule has 2 aromatic carbocycles. The Labute approximate surface area is 164 Å². The fourth-order valence-electron chi connectivity index (χ4n) is 3.79. The lowest BCUT2D eigenvalue weighted by Crippen LogP contribution is -2.45. The highest BCUT2D eigenvalue weighted by atomic mass is 16.7. The van der Waals surface area contributed by atoms with Crippen LogP contribution >= 0.6 is 0 Å². The van der Waals surface area contributed by atoms with Crippen molar-refractivity contribution in [2.24, 2.45) is 5.41 Å². The summed E-state index contributed by atoms with van der Waals surface area (Å²) in [5, 5.41) is 10.00. The molecule has 0 atom stereocenters. The topological polar surface area (TPSA) is 68.2 Å². The fourth-order valence-corrected chi connectivity index (χ4v) is 3.79. The lowest BCUT2D eigenvalue weighted by molar-refractivity contribution is 0.0241. The molecule has 4 rings (SSSR count). The number of amides is 1. The second-order valence-corrected chi connectivity index (χ2v) is 7.43. The molecule has 1 amide bonds. The van der Waals surface area contributed by atoms with Crippen LogP contribution in [0.4, 0.5) is 0 Å². The van der Waals surface area contributed by atoms with Gasteiger partial charge < -0.3 is 24.2 Å². The quantitative estimate of drug-likeness (QED) is 0.830. The van der Waals surface area contributed by atoms with Crippen LogP contribution in [0.3, 0.4) is 0 Å². The summed E-state index contributed by atoms with van der Waals surface area (Å²) in [5.74, 6) is 2.12. The molecule has 0 saturated carbocycles. The Balaban J connectivity index is 1.32. The molecule has 2 heterocycles. The molecule has 6 nitrogen and oxygen atoms in total. The molecule has 1 fully saturated rings. The van der Waals surface area contributed by atoms with Gasteiger partial charge in [-0.1, -0.05) is 18.2 Å². The minimum Gasteiger partial charge on any atom is -0.494 e. The van der Waals surface area contributed by atoms with Crippen molar-refractivity contribution in [3.05, 3.63) is 54.1 Å². The predicted octanol–water partition coefficient (Wildman–Crippen LogP) is 3.10. The van der Waals surface area contributed by atoms with Crippen molar-refractivity contribution in [1.82, 2.24) is 4.90 Å². The number of aliphatic hydroxyl groups is 1. The number of ether oxygens (including phenoxy) is 3. The van der Waals surface area contributed by atoms with Gasteiger partial charge >= 0.3 is 0 Å². The molecule has 2 aromatic rings. The zero-order valence-corrected chi connectivity index (χ0v) is 15.8. The van der Waals surface area contributed by atoms with E-state index in [2.05, 4.69) is 0 Å². The molecule has 28 heavy (non-hydrogen) atoms. The van der Waals surface area contributed by atoms with Crippen molar-refractivity contribution < 1.29 is 24.1 Å². The van der Waals surface area contributed by atoms with Crippen LogP contribution in [0.1, 0.15) is 29.6 Å². The van der Waals surface area contributed by atoms with E-state index in [-0.39, 0.29) is 24.7 Å². The van der Waals surface area contributed by atoms with Crippen LogP contribution in [0.5, 0.6) is 17.2 Å². The van der Waals surface area contributed by atoms with E-state index in [0.29, 0.717) is 36.8 Å². The Morgan fingerprint density at radius 3 is 2.57 bits per heavy atom. The van der Waals surface area contributed by atoms with E-state index in [1.54, 1.807) is 18.2 Å². The number of carbonyl (C=O) groups is 1. The van der Waals surface area contributed by atoms with Gasteiger partial charge in [0.1, 0.15) is 5.75 Å². The van der Waals surface area contributed by atoms with Crippen LogP contribution in [0.15, 0.2) is 48.5 Å². The normalized spacial score (nSPS) is 17.4. The number of likely N-dealkylation sites (tertiary alicyclic amines) is 1. The van der Waals surface area contributed by atoms with Crippen LogP contribution in [-0.4, -0.2) is 49.0 Å². The maximum atomic E-state index is 12.8. The first-order valence-corrected chi connectivity index (χ1v) is 9.67. The van der Waals surface area contributed by atoms with E-state index >= 15 is 0 Å². The Morgan fingerprint density at radius 2 is 1.82 bits per heavy atom. The molecule has 1 saturated heterocycles. The third kappa shape index (κ3) is 3.92. The maximum absolute atomic E-state index is 12.8. The number of carbonyl (C=O) groups excluding carboxylic acids is 1. The van der Waals surface area contributed by atoms with Crippen LogP contribution in [0.25, 0.3) is 0 Å². The average molecular weight is 383 g/mol. The van der Waals surface area contributed by atoms with Crippen LogP contribution in [-0.2, 0) is 0 Å². The zero-order chi connectivity index (χ0) is 19.4. The zero-order valence-electron chi connectivity index (χ0n) is 15.8. The van der Waals surface area contributed by atoms with Crippen molar-refractivity contribution in [3.8, 4) is 17.2 Å². The largest absolute Gasteiger partial charge is 0.494 e. The first kappa shape index (κ1) is 18.6. The number of hydrogen-bond donors (Lipinski definition) is 1. The van der Waals surface area contributed by atoms with Crippen LogP contribution < -0.4 is 14.2 Å². The summed E-state index contributed by atoms with van der Waals surface area (Å²) >= 11 is 0. The Kier molecular flexibility index (Phi) is 5.39. The Morgan fingerprint density at radius 1 is 1.07 bits per heavy atom. The standard InChI is InChI=1S/C22H25NO5/c24-15-22(10-13-26-18-4-2-1-3-5-18)8-11-23(12-9-22)21(25)17-6-7-19-20(14-17)28-16-27-19/h1-7,14,24H,8-13,15-16H2. The molecule has 148 valence electrons. The summed E-state index contributed by atoms with van der Waals surface area (Å²) in [4.78, 5) is 14.7. The summed E-state index contributed by atoms with van der Waals surface area (Å²) in [7, 11) is 0. The molecule has 0 radical (unpaired) electrons. The number of para-hydroxylation sites is 1. The number of fused-ring (bicyclic) bond motifs is 1. The molecule has 2 aliphatic rings. The molecule has 0 spiro atoms. The minimum atomic E-state index is -0.194. The maximum Gasteiger partial charge on any atom is 0.253 e. The van der Waals surface area contributed by atoms with Crippen molar-refractivity contribution in [1.29, 1.82) is 0 Å². The molecular weight excluding hydrogens is 358 g/mol. The highest BCUT2D eigenvalue weighted by molar-refractivity contribution is 5.95. The SMILES string of the molecule is O=C(c1ccc2c(c1)OCO2)N1CCC(CO)(CCOc2ccccc2)CC1. The van der Waals surface area contributed by atoms with Gasteiger partial charge in [0.15, 0.2) is 11.5 Å². The molecule has 1 N–H and O–H groups in total. The summed E-state index contributed by atoms with van der Waals surface area (Å²) in [5.41, 5.74) is 0.411. The Hall–Kier alpha value is -2.73. The van der Waals surface area contributed by atoms with Crippen molar-refractivity contribution in [3.63, 3.8) is 0 Å². The Bertz CT molecular complexity index is 815. The number of rotatable bonds is 6. The van der Waals surface area contributed by atoms with Crippen molar-refractivity contribution >= 4 is 5.91 Å². The van der Waals surface area contributed by atoms with Crippen molar-refractivity contribution in [2.75, 3.05) is 33.1 Å². The van der Waals surface area contributed by atoms with Gasteiger partial charge in [-0.2, -0.15) is 0 Å². The van der Waals surface area contributed by atoms with Crippen LogP contribution in [0, 0.1) is 5.41 Å². The molecule has 2 aliphatic heterocycles. The third-order valence-corrected chi connectivity index (χ3v) is 5.71. The molecule has 0 bridgehead atoms. The van der Waals surface area contributed by atoms with E-state index in [9.17, 15) is 9.90 Å². The fraction of sp³-hybridized carbons (Fsp3) is 0.409. The van der Waals surface area contributed by atoms with Gasteiger partial charge in [-0.05, 0) is 49.6 Å². The summed E-state index contributed by atoms with van der Waals surface area (Å²) in [6.07, 6.45) is 2.29. The second-order valence-electron chi connectivity index (χ2n) is 7.43. The van der Waals surface area contributed by atoms with Gasteiger partial charge in [-0.15, -0.1) is 0 Å². The number of nitrogens with zero attached hydrogens (tertiary/aromatic N) is 1.